The first-order valence-electron chi connectivity index (χ1n) is 6.33. The number of aliphatic carboxylic acids is 1. The van der Waals surface area contributed by atoms with Gasteiger partial charge in [0.05, 0.1) is 11.5 Å². The Labute approximate surface area is 120 Å². The SMILES string of the molecule is COC1CC(C(=O)O)N(c2ncnc3sc(C)cc23)C1. The number of hydrogen-bond donors (Lipinski definition) is 1. The molecule has 0 aromatic carbocycles. The van der Waals surface area contributed by atoms with Crippen LogP contribution >= 0.6 is 11.3 Å². The van der Waals surface area contributed by atoms with E-state index in [1.165, 1.54) is 6.33 Å². The molecule has 2 aromatic rings. The zero-order valence-electron chi connectivity index (χ0n) is 11.2. The van der Waals surface area contributed by atoms with Gasteiger partial charge in [0.15, 0.2) is 0 Å². The molecule has 1 aliphatic rings. The molecule has 0 radical (unpaired) electrons. The zero-order chi connectivity index (χ0) is 14.3. The minimum Gasteiger partial charge on any atom is -0.480 e. The summed E-state index contributed by atoms with van der Waals surface area (Å²) < 4.78 is 5.31. The van der Waals surface area contributed by atoms with Gasteiger partial charge in [-0.3, -0.25) is 0 Å². The summed E-state index contributed by atoms with van der Waals surface area (Å²) in [7, 11) is 1.61. The maximum Gasteiger partial charge on any atom is 0.326 e. The molecule has 2 atom stereocenters. The summed E-state index contributed by atoms with van der Waals surface area (Å²) in [5.74, 6) is -0.158. The maximum absolute atomic E-state index is 11.5. The molecule has 7 heteroatoms. The molecule has 3 heterocycles. The summed E-state index contributed by atoms with van der Waals surface area (Å²) in [6.07, 6.45) is 1.88. The first-order chi connectivity index (χ1) is 9.60. The highest BCUT2D eigenvalue weighted by Crippen LogP contribution is 2.34. The van der Waals surface area contributed by atoms with E-state index in [1.807, 2.05) is 17.9 Å². The topological polar surface area (TPSA) is 75.6 Å². The number of carboxylic acids is 1. The van der Waals surface area contributed by atoms with Gasteiger partial charge in [-0.15, -0.1) is 11.3 Å². The molecule has 0 amide bonds. The molecule has 2 unspecified atom stereocenters. The van der Waals surface area contributed by atoms with Gasteiger partial charge in [0.2, 0.25) is 0 Å². The van der Waals surface area contributed by atoms with Gasteiger partial charge in [-0.25, -0.2) is 14.8 Å². The first kappa shape index (κ1) is 13.3. The number of nitrogens with zero attached hydrogens (tertiary/aromatic N) is 3. The van der Waals surface area contributed by atoms with Gasteiger partial charge in [0.1, 0.15) is 23.0 Å². The number of thiophene rings is 1. The molecular weight excluding hydrogens is 278 g/mol. The number of rotatable bonds is 3. The molecule has 20 heavy (non-hydrogen) atoms. The van der Waals surface area contributed by atoms with E-state index in [0.29, 0.717) is 18.8 Å². The smallest absolute Gasteiger partial charge is 0.326 e. The predicted octanol–water partition coefficient (Wildman–Crippen LogP) is 1.68. The van der Waals surface area contributed by atoms with Crippen molar-refractivity contribution in [1.29, 1.82) is 0 Å². The van der Waals surface area contributed by atoms with Crippen molar-refractivity contribution in [2.75, 3.05) is 18.6 Å². The lowest BCUT2D eigenvalue weighted by atomic mass is 10.2. The van der Waals surface area contributed by atoms with Gasteiger partial charge in [0, 0.05) is 25.0 Å². The monoisotopic (exact) mass is 293 g/mol. The van der Waals surface area contributed by atoms with Crippen molar-refractivity contribution in [2.24, 2.45) is 0 Å². The normalized spacial score (nSPS) is 22.6. The van der Waals surface area contributed by atoms with Crippen LogP contribution in [0.3, 0.4) is 0 Å². The van der Waals surface area contributed by atoms with Crippen LogP contribution < -0.4 is 4.90 Å². The number of aryl methyl sites for hydroxylation is 1. The highest BCUT2D eigenvalue weighted by atomic mass is 32.1. The number of anilines is 1. The molecule has 1 saturated heterocycles. The molecule has 0 saturated carbocycles. The molecule has 0 aliphatic carbocycles. The fraction of sp³-hybridized carbons (Fsp3) is 0.462. The predicted molar refractivity (Wildman–Crippen MR) is 76.3 cm³/mol. The Hall–Kier alpha value is -1.73. The lowest BCUT2D eigenvalue weighted by Crippen LogP contribution is -2.36. The summed E-state index contributed by atoms with van der Waals surface area (Å²) in [6.45, 7) is 2.54. The standard InChI is InChI=1S/C13H15N3O3S/c1-7-3-9-11(14-6-15-12(9)20-7)16-5-8(19-2)4-10(16)13(17)18/h3,6,8,10H,4-5H2,1-2H3,(H,17,18). The quantitative estimate of drug-likeness (QED) is 0.928. The molecule has 0 spiro atoms. The van der Waals surface area contributed by atoms with Crippen LogP contribution in [0.4, 0.5) is 5.82 Å². The second-order valence-electron chi connectivity index (χ2n) is 4.87. The van der Waals surface area contributed by atoms with E-state index in [2.05, 4.69) is 9.97 Å². The lowest BCUT2D eigenvalue weighted by molar-refractivity contribution is -0.138. The number of fused-ring (bicyclic) bond motifs is 1. The van der Waals surface area contributed by atoms with Crippen LogP contribution in [-0.4, -0.2) is 46.8 Å². The van der Waals surface area contributed by atoms with Gasteiger partial charge < -0.3 is 14.7 Å². The van der Waals surface area contributed by atoms with Gasteiger partial charge in [-0.1, -0.05) is 0 Å². The van der Waals surface area contributed by atoms with Gasteiger partial charge in [-0.2, -0.15) is 0 Å². The second-order valence-corrected chi connectivity index (χ2v) is 6.11. The Kier molecular flexibility index (Phi) is 3.31. The average molecular weight is 293 g/mol. The molecule has 0 bridgehead atoms. The van der Waals surface area contributed by atoms with E-state index >= 15 is 0 Å². The highest BCUT2D eigenvalue weighted by Gasteiger charge is 2.38. The average Bonchev–Trinajstić information content (AvgIpc) is 2.99. The van der Waals surface area contributed by atoms with Crippen LogP contribution in [0.25, 0.3) is 10.2 Å². The summed E-state index contributed by atoms with van der Waals surface area (Å²) in [6, 6.07) is 1.41. The Morgan fingerprint density at radius 1 is 1.55 bits per heavy atom. The Morgan fingerprint density at radius 2 is 2.35 bits per heavy atom. The molecule has 106 valence electrons. The van der Waals surface area contributed by atoms with Crippen LogP contribution in [-0.2, 0) is 9.53 Å². The Bertz CT molecular complexity index is 657. The highest BCUT2D eigenvalue weighted by molar-refractivity contribution is 7.18. The van der Waals surface area contributed by atoms with Crippen molar-refractivity contribution in [1.82, 2.24) is 9.97 Å². The molecular formula is C13H15N3O3S. The number of carboxylic acid groups (broad SMARTS) is 1. The third-order valence-corrected chi connectivity index (χ3v) is 4.54. The largest absolute Gasteiger partial charge is 0.480 e. The number of aromatic nitrogens is 2. The number of ether oxygens (including phenoxy) is 1. The van der Waals surface area contributed by atoms with Crippen LogP contribution in [0.2, 0.25) is 0 Å². The van der Waals surface area contributed by atoms with E-state index in [1.54, 1.807) is 18.4 Å². The third-order valence-electron chi connectivity index (χ3n) is 3.58. The van der Waals surface area contributed by atoms with Gasteiger partial charge in [0.25, 0.3) is 0 Å². The van der Waals surface area contributed by atoms with Crippen LogP contribution in [0.1, 0.15) is 11.3 Å². The van der Waals surface area contributed by atoms with Crippen molar-refractivity contribution in [3.8, 4) is 0 Å². The molecule has 1 fully saturated rings. The number of methoxy groups -OCH3 is 1. The molecule has 3 rings (SSSR count). The van der Waals surface area contributed by atoms with E-state index in [4.69, 9.17) is 4.74 Å². The molecule has 2 aromatic heterocycles. The lowest BCUT2D eigenvalue weighted by Gasteiger charge is -2.22. The van der Waals surface area contributed by atoms with E-state index < -0.39 is 12.0 Å². The fourth-order valence-corrected chi connectivity index (χ4v) is 3.47. The number of hydrogen-bond acceptors (Lipinski definition) is 6. The summed E-state index contributed by atoms with van der Waals surface area (Å²) in [4.78, 5) is 23.8. The minimum absolute atomic E-state index is 0.0825. The van der Waals surface area contributed by atoms with E-state index in [-0.39, 0.29) is 6.10 Å². The minimum atomic E-state index is -0.844. The number of carbonyl (C=O) groups is 1. The second kappa shape index (κ2) is 4.99. The van der Waals surface area contributed by atoms with Gasteiger partial charge in [-0.05, 0) is 13.0 Å². The summed E-state index contributed by atoms with van der Waals surface area (Å²) in [5, 5.41) is 10.3. The first-order valence-corrected chi connectivity index (χ1v) is 7.15. The molecule has 1 aliphatic heterocycles. The van der Waals surface area contributed by atoms with Crippen LogP contribution in [0.15, 0.2) is 12.4 Å². The van der Waals surface area contributed by atoms with Crippen molar-refractivity contribution < 1.29 is 14.6 Å². The van der Waals surface area contributed by atoms with E-state index in [9.17, 15) is 9.90 Å². The summed E-state index contributed by atoms with van der Waals surface area (Å²) >= 11 is 1.58. The summed E-state index contributed by atoms with van der Waals surface area (Å²) in [5.41, 5.74) is 0. The third kappa shape index (κ3) is 2.12. The van der Waals surface area contributed by atoms with E-state index in [0.717, 1.165) is 15.1 Å². The fourth-order valence-electron chi connectivity index (χ4n) is 2.63. The van der Waals surface area contributed by atoms with Crippen LogP contribution in [0.5, 0.6) is 0 Å². The molecule has 6 nitrogen and oxygen atoms in total. The van der Waals surface area contributed by atoms with Crippen molar-refractivity contribution in [3.05, 3.63) is 17.3 Å². The van der Waals surface area contributed by atoms with Gasteiger partial charge >= 0.3 is 5.97 Å². The zero-order valence-corrected chi connectivity index (χ0v) is 12.1. The van der Waals surface area contributed by atoms with Crippen molar-refractivity contribution in [3.63, 3.8) is 0 Å². The molecule has 1 N–H and O–H groups in total. The van der Waals surface area contributed by atoms with Crippen molar-refractivity contribution in [2.45, 2.75) is 25.5 Å². The van der Waals surface area contributed by atoms with Crippen LogP contribution in [0, 0.1) is 6.92 Å². The Morgan fingerprint density at radius 3 is 3.05 bits per heavy atom. The maximum atomic E-state index is 11.5. The van der Waals surface area contributed by atoms with Crippen molar-refractivity contribution >= 4 is 33.3 Å². The Balaban J connectivity index is 2.06.